The van der Waals surface area contributed by atoms with Crippen molar-refractivity contribution in [2.75, 3.05) is 31.7 Å². The number of nitrogens with zero attached hydrogens (tertiary/aromatic N) is 4. The minimum Gasteiger partial charge on any atom is -0.371 e. The van der Waals surface area contributed by atoms with Crippen molar-refractivity contribution in [3.05, 3.63) is 74.8 Å². The molecular formula is C28H30F3N5O3. The predicted octanol–water partition coefficient (Wildman–Crippen LogP) is 3.84. The van der Waals surface area contributed by atoms with Crippen molar-refractivity contribution in [1.82, 2.24) is 9.88 Å². The van der Waals surface area contributed by atoms with Gasteiger partial charge >= 0.3 is 0 Å². The minimum absolute atomic E-state index is 0.0182. The zero-order valence-corrected chi connectivity index (χ0v) is 22.0. The summed E-state index contributed by atoms with van der Waals surface area (Å²) in [4.78, 5) is 31.4. The van der Waals surface area contributed by atoms with Crippen LogP contribution in [0.15, 0.2) is 46.2 Å². The molecule has 0 unspecified atom stereocenters. The van der Waals surface area contributed by atoms with Gasteiger partial charge in [0.2, 0.25) is 6.41 Å². The lowest BCUT2D eigenvalue weighted by Crippen LogP contribution is -2.36. The van der Waals surface area contributed by atoms with Gasteiger partial charge in [-0.2, -0.15) is 14.0 Å². The van der Waals surface area contributed by atoms with E-state index in [0.717, 1.165) is 6.07 Å². The van der Waals surface area contributed by atoms with E-state index in [2.05, 4.69) is 16.4 Å². The van der Waals surface area contributed by atoms with Gasteiger partial charge in [-0.05, 0) is 38.3 Å². The summed E-state index contributed by atoms with van der Waals surface area (Å²) in [6, 6.07) is 6.49. The maximum atomic E-state index is 15.4. The summed E-state index contributed by atoms with van der Waals surface area (Å²) >= 11 is 0. The lowest BCUT2D eigenvalue weighted by molar-refractivity contribution is -0.108. The Morgan fingerprint density at radius 3 is 2.64 bits per heavy atom. The molecule has 0 radical (unpaired) electrons. The van der Waals surface area contributed by atoms with E-state index >= 15 is 4.39 Å². The first-order valence-electron chi connectivity index (χ1n) is 12.6. The number of pyridine rings is 1. The summed E-state index contributed by atoms with van der Waals surface area (Å²) in [7, 11) is 3.34. The number of hydrogen-bond acceptors (Lipinski definition) is 6. The van der Waals surface area contributed by atoms with Crippen molar-refractivity contribution < 1.29 is 22.7 Å². The van der Waals surface area contributed by atoms with Gasteiger partial charge < -0.3 is 15.0 Å². The molecule has 1 fully saturated rings. The second kappa shape index (κ2) is 11.1. The largest absolute Gasteiger partial charge is 0.371 e. The molecule has 1 saturated carbocycles. The monoisotopic (exact) mass is 541 g/mol. The van der Waals surface area contributed by atoms with E-state index in [4.69, 9.17) is 4.74 Å². The summed E-state index contributed by atoms with van der Waals surface area (Å²) in [6.07, 6.45) is 5.31. The number of carbonyl (C=O) groups is 1. The maximum absolute atomic E-state index is 15.4. The Morgan fingerprint density at radius 2 is 1.97 bits per heavy atom. The van der Waals surface area contributed by atoms with Gasteiger partial charge in [-0.1, -0.05) is 24.3 Å². The van der Waals surface area contributed by atoms with E-state index in [9.17, 15) is 23.6 Å². The average Bonchev–Trinajstić information content (AvgIpc) is 3.69. The van der Waals surface area contributed by atoms with Crippen LogP contribution in [0.4, 0.5) is 19.0 Å². The van der Waals surface area contributed by atoms with Crippen LogP contribution >= 0.6 is 0 Å². The number of amides is 1. The van der Waals surface area contributed by atoms with Crippen LogP contribution in [0, 0.1) is 17.1 Å². The number of hydrogen-bond donors (Lipinski definition) is 1. The van der Waals surface area contributed by atoms with Gasteiger partial charge in [0.05, 0.1) is 35.3 Å². The fourth-order valence-corrected chi connectivity index (χ4v) is 4.82. The number of benzene rings is 1. The van der Waals surface area contributed by atoms with Gasteiger partial charge in [0.25, 0.3) is 11.5 Å². The summed E-state index contributed by atoms with van der Waals surface area (Å²) in [5.41, 5.74) is -1.54. The zero-order valence-electron chi connectivity index (χ0n) is 22.0. The topological polar surface area (TPSA) is 99.7 Å². The van der Waals surface area contributed by atoms with Gasteiger partial charge in [-0.3, -0.25) is 19.1 Å². The Morgan fingerprint density at radius 1 is 1.23 bits per heavy atom. The van der Waals surface area contributed by atoms with Crippen LogP contribution < -0.4 is 15.8 Å². The molecule has 8 nitrogen and oxygen atoms in total. The van der Waals surface area contributed by atoms with Crippen molar-refractivity contribution in [3.63, 3.8) is 0 Å². The number of aromatic nitrogens is 1. The molecule has 1 aromatic carbocycles. The van der Waals surface area contributed by atoms with E-state index in [1.54, 1.807) is 37.2 Å². The quantitative estimate of drug-likeness (QED) is 0.460. The molecule has 2 aliphatic rings. The van der Waals surface area contributed by atoms with Crippen molar-refractivity contribution in [1.29, 1.82) is 5.26 Å². The number of anilines is 1. The van der Waals surface area contributed by atoms with Gasteiger partial charge in [0.15, 0.2) is 0 Å². The molecule has 1 N–H and O–H groups in total. The van der Waals surface area contributed by atoms with Crippen molar-refractivity contribution in [3.8, 4) is 6.07 Å². The molecule has 206 valence electrons. The Hall–Kier alpha value is -3.91. The molecule has 4 rings (SSSR count). The van der Waals surface area contributed by atoms with E-state index < -0.39 is 35.4 Å². The Balaban J connectivity index is 1.96. The normalized spacial score (nSPS) is 21.5. The molecule has 39 heavy (non-hydrogen) atoms. The van der Waals surface area contributed by atoms with E-state index in [-0.39, 0.29) is 29.1 Å². The third-order valence-electron chi connectivity index (χ3n) is 7.16. The number of nitrogens with one attached hydrogen (secondary N) is 1. The molecule has 2 bridgehead atoms. The number of ether oxygens (including phenoxy) is 1. The van der Waals surface area contributed by atoms with Crippen molar-refractivity contribution in [2.45, 2.75) is 43.6 Å². The van der Waals surface area contributed by atoms with Gasteiger partial charge in [0, 0.05) is 31.8 Å². The van der Waals surface area contributed by atoms with E-state index in [0.29, 0.717) is 43.6 Å². The molecular weight excluding hydrogens is 511 g/mol. The van der Waals surface area contributed by atoms with Crippen molar-refractivity contribution in [2.24, 2.45) is 12.0 Å². The Bertz CT molecular complexity index is 1420. The predicted molar refractivity (Wildman–Crippen MR) is 140 cm³/mol. The lowest BCUT2D eigenvalue weighted by atomic mass is 9.96. The lowest BCUT2D eigenvalue weighted by Gasteiger charge is -2.27. The number of alkyl halides is 2. The van der Waals surface area contributed by atoms with Crippen LogP contribution in [-0.4, -0.2) is 43.6 Å². The highest BCUT2D eigenvalue weighted by atomic mass is 19.3. The van der Waals surface area contributed by atoms with Crippen LogP contribution in [0.1, 0.15) is 54.5 Å². The van der Waals surface area contributed by atoms with Gasteiger partial charge in [-0.15, -0.1) is 0 Å². The maximum Gasteiger partial charge on any atom is 0.298 e. The third-order valence-corrected chi connectivity index (χ3v) is 7.16. The van der Waals surface area contributed by atoms with Gasteiger partial charge in [-0.25, -0.2) is 4.39 Å². The highest BCUT2D eigenvalue weighted by molar-refractivity contribution is 6.07. The molecule has 2 aromatic rings. The standard InChI is InChI=1S/C28H30F3N5O3/c1-18-19-8-7-9-21(23(19)29)28(30,31)16-39-13-6-4-5-12-35(2)25-20(24(34-18)33-17-37)14-22(26(38)36(25)3)27(15-32)10-11-27/h4,6-9,14,17-18H,5,10-13,16H2,1-3H3,(H,33,34,37)/b6-4-/t18-/m1/s1. The highest BCUT2D eigenvalue weighted by Crippen LogP contribution is 2.47. The third kappa shape index (κ3) is 5.47. The van der Waals surface area contributed by atoms with Crippen LogP contribution in [0.3, 0.4) is 0 Å². The summed E-state index contributed by atoms with van der Waals surface area (Å²) in [5.74, 6) is -4.25. The summed E-state index contributed by atoms with van der Waals surface area (Å²) in [6.45, 7) is 0.868. The fourth-order valence-electron chi connectivity index (χ4n) is 4.82. The molecule has 11 heteroatoms. The molecule has 1 atom stereocenters. The van der Waals surface area contributed by atoms with Crippen molar-refractivity contribution >= 4 is 18.1 Å². The molecule has 0 saturated heterocycles. The second-order valence-electron chi connectivity index (χ2n) is 9.88. The molecule has 1 amide bonds. The number of aliphatic imine (C=N–C) groups is 1. The Kier molecular flexibility index (Phi) is 7.97. The number of amidine groups is 1. The van der Waals surface area contributed by atoms with Crippen LogP contribution in [0.25, 0.3) is 0 Å². The van der Waals surface area contributed by atoms with Gasteiger partial charge in [0.1, 0.15) is 24.1 Å². The van der Waals surface area contributed by atoms with Crippen LogP contribution in [-0.2, 0) is 27.9 Å². The molecule has 2 heterocycles. The number of halogens is 3. The van der Waals surface area contributed by atoms with Crippen LogP contribution in [0.5, 0.6) is 0 Å². The number of carbonyl (C=O) groups excluding carboxylic acids is 1. The summed E-state index contributed by atoms with van der Waals surface area (Å²) < 4.78 is 51.7. The molecule has 0 spiro atoms. The zero-order chi connectivity index (χ0) is 28.4. The van der Waals surface area contributed by atoms with E-state index in [1.165, 1.54) is 23.6 Å². The number of rotatable bonds is 2. The minimum atomic E-state index is -3.58. The highest BCUT2D eigenvalue weighted by Gasteiger charge is 2.48. The first-order chi connectivity index (χ1) is 18.6. The summed E-state index contributed by atoms with van der Waals surface area (Å²) in [5, 5.41) is 12.3. The number of fused-ring (bicyclic) bond motifs is 3. The SMILES string of the molecule is C[C@H]1N=C(NC=O)c2cc(C3(C#N)CC3)c(=O)n(C)c2N(C)CC/C=C\COCC(F)(F)c2cccc1c2F. The van der Waals surface area contributed by atoms with E-state index in [1.807, 2.05) is 0 Å². The first-order valence-corrected chi connectivity index (χ1v) is 12.6. The van der Waals surface area contributed by atoms with Crippen LogP contribution in [0.2, 0.25) is 0 Å². The molecule has 1 aromatic heterocycles. The molecule has 1 aliphatic carbocycles. The average molecular weight is 542 g/mol. The Labute approximate surface area is 224 Å². The number of nitriles is 1. The smallest absolute Gasteiger partial charge is 0.298 e. The molecule has 1 aliphatic heterocycles. The second-order valence-corrected chi connectivity index (χ2v) is 9.88. The first kappa shape index (κ1) is 28.1. The fraction of sp³-hybridized carbons (Fsp3) is 0.429.